The minimum atomic E-state index is -1.26. The Kier molecular flexibility index (Phi) is 8.50. The fraction of sp³-hybridized carbons (Fsp3) is 0.348. The number of carboxylic acids is 2. The number of halogens is 2. The number of aromatic nitrogens is 1. The van der Waals surface area contributed by atoms with Crippen LogP contribution in [0.25, 0.3) is 0 Å². The Balaban J connectivity index is 0.000000312. The summed E-state index contributed by atoms with van der Waals surface area (Å²) in [4.78, 5) is 26.2. The summed E-state index contributed by atoms with van der Waals surface area (Å²) in [7, 11) is 0. The molecule has 0 amide bonds. The van der Waals surface area contributed by atoms with E-state index in [1.165, 1.54) is 12.8 Å². The molecular weight excluding hydrogens is 455 g/mol. The fourth-order valence-electron chi connectivity index (χ4n) is 4.14. The second-order valence-electron chi connectivity index (χ2n) is 7.68. The van der Waals surface area contributed by atoms with Crippen LogP contribution in [0.5, 0.6) is 5.75 Å². The van der Waals surface area contributed by atoms with Gasteiger partial charge >= 0.3 is 11.9 Å². The number of carboxylic acid groups (broad SMARTS) is 2. The molecule has 1 aromatic carbocycles. The van der Waals surface area contributed by atoms with Crippen LogP contribution < -0.4 is 4.74 Å². The second kappa shape index (κ2) is 11.3. The molecule has 32 heavy (non-hydrogen) atoms. The van der Waals surface area contributed by atoms with E-state index in [4.69, 9.17) is 38.2 Å². The van der Waals surface area contributed by atoms with Gasteiger partial charge < -0.3 is 14.9 Å². The number of piperidine rings is 1. The van der Waals surface area contributed by atoms with Crippen LogP contribution in [-0.2, 0) is 16.1 Å². The van der Waals surface area contributed by atoms with Crippen molar-refractivity contribution in [2.24, 2.45) is 0 Å². The van der Waals surface area contributed by atoms with E-state index in [1.54, 1.807) is 6.07 Å². The quantitative estimate of drug-likeness (QED) is 0.581. The molecule has 2 saturated heterocycles. The van der Waals surface area contributed by atoms with Gasteiger partial charge in [0, 0.05) is 43.0 Å². The van der Waals surface area contributed by atoms with Crippen LogP contribution >= 0.6 is 23.2 Å². The molecule has 0 saturated carbocycles. The molecule has 0 aliphatic carbocycles. The van der Waals surface area contributed by atoms with Crippen LogP contribution in [0.15, 0.2) is 54.7 Å². The fourth-order valence-corrected chi connectivity index (χ4v) is 4.43. The molecule has 170 valence electrons. The first-order valence-corrected chi connectivity index (χ1v) is 11.0. The molecule has 2 atom stereocenters. The van der Waals surface area contributed by atoms with Gasteiger partial charge in [-0.05, 0) is 49.9 Å². The molecule has 9 heteroatoms. The van der Waals surface area contributed by atoms with Crippen molar-refractivity contribution in [1.82, 2.24) is 9.88 Å². The van der Waals surface area contributed by atoms with Crippen molar-refractivity contribution in [2.75, 3.05) is 0 Å². The van der Waals surface area contributed by atoms with Crippen molar-refractivity contribution in [2.45, 2.75) is 50.4 Å². The zero-order valence-corrected chi connectivity index (χ0v) is 18.7. The molecule has 2 unspecified atom stereocenters. The van der Waals surface area contributed by atoms with Crippen molar-refractivity contribution in [3.63, 3.8) is 0 Å². The van der Waals surface area contributed by atoms with Crippen molar-refractivity contribution in [1.29, 1.82) is 0 Å². The standard InChI is InChI=1S/C19H20Cl2N2O.C4H4O4/c20-18-7-6-16(11-19(18)21)24-17-9-14-4-5-15(10-17)23(14)12-13-3-1-2-8-22-13;5-3(6)1-2-4(7)8/h1-3,6-8,11,14-15,17H,4-5,9-10,12H2;1-2H,(H,5,6)(H,7,8). The van der Waals surface area contributed by atoms with Crippen molar-refractivity contribution in [3.8, 4) is 5.75 Å². The van der Waals surface area contributed by atoms with Crippen molar-refractivity contribution < 1.29 is 24.5 Å². The third kappa shape index (κ3) is 6.95. The van der Waals surface area contributed by atoms with Crippen LogP contribution in [0.1, 0.15) is 31.4 Å². The highest BCUT2D eigenvalue weighted by molar-refractivity contribution is 6.42. The van der Waals surface area contributed by atoms with E-state index >= 15 is 0 Å². The number of hydrogen-bond acceptors (Lipinski definition) is 5. The number of benzene rings is 1. The molecule has 2 bridgehead atoms. The Morgan fingerprint density at radius 1 is 1.03 bits per heavy atom. The van der Waals surface area contributed by atoms with Gasteiger partial charge in [0.2, 0.25) is 0 Å². The van der Waals surface area contributed by atoms with Crippen molar-refractivity contribution >= 4 is 35.1 Å². The van der Waals surface area contributed by atoms with Gasteiger partial charge in [-0.1, -0.05) is 29.3 Å². The summed E-state index contributed by atoms with van der Waals surface area (Å²) in [6, 6.07) is 12.8. The predicted molar refractivity (Wildman–Crippen MR) is 121 cm³/mol. The number of rotatable bonds is 6. The molecule has 2 aliphatic heterocycles. The average molecular weight is 479 g/mol. The van der Waals surface area contributed by atoms with Gasteiger partial charge in [0.1, 0.15) is 11.9 Å². The van der Waals surface area contributed by atoms with Gasteiger partial charge in [0.25, 0.3) is 0 Å². The maximum absolute atomic E-state index is 9.55. The average Bonchev–Trinajstić information content (AvgIpc) is 2.98. The van der Waals surface area contributed by atoms with E-state index in [9.17, 15) is 9.59 Å². The van der Waals surface area contributed by atoms with Gasteiger partial charge in [-0.2, -0.15) is 0 Å². The first kappa shape index (κ1) is 24.0. The molecular formula is C23H24Cl2N2O5. The lowest BCUT2D eigenvalue weighted by atomic mass is 9.99. The van der Waals surface area contributed by atoms with Gasteiger partial charge in [0.05, 0.1) is 15.7 Å². The van der Waals surface area contributed by atoms with E-state index in [2.05, 4.69) is 22.0 Å². The van der Waals surface area contributed by atoms with Gasteiger partial charge in [-0.3, -0.25) is 9.88 Å². The first-order chi connectivity index (χ1) is 15.3. The summed E-state index contributed by atoms with van der Waals surface area (Å²) in [5.74, 6) is -1.70. The zero-order valence-electron chi connectivity index (χ0n) is 17.2. The summed E-state index contributed by atoms with van der Waals surface area (Å²) >= 11 is 12.1. The van der Waals surface area contributed by atoms with Gasteiger partial charge in [0.15, 0.2) is 0 Å². The van der Waals surface area contributed by atoms with E-state index in [0.29, 0.717) is 34.3 Å². The van der Waals surface area contributed by atoms with Crippen LogP contribution in [0, 0.1) is 0 Å². The topological polar surface area (TPSA) is 100.0 Å². The van der Waals surface area contributed by atoms with Crippen LogP contribution in [-0.4, -0.2) is 50.2 Å². The Morgan fingerprint density at radius 2 is 1.69 bits per heavy atom. The van der Waals surface area contributed by atoms with E-state index in [1.807, 2.05) is 24.4 Å². The maximum Gasteiger partial charge on any atom is 0.328 e. The summed E-state index contributed by atoms with van der Waals surface area (Å²) in [6.45, 7) is 0.940. The number of fused-ring (bicyclic) bond motifs is 2. The maximum atomic E-state index is 9.55. The van der Waals surface area contributed by atoms with E-state index in [0.717, 1.165) is 30.8 Å². The Hall–Kier alpha value is -2.61. The van der Waals surface area contributed by atoms with Crippen LogP contribution in [0.3, 0.4) is 0 Å². The summed E-state index contributed by atoms with van der Waals surface area (Å²) in [5, 5.41) is 16.7. The molecule has 4 rings (SSSR count). The normalized spacial score (nSPS) is 22.2. The van der Waals surface area contributed by atoms with Gasteiger partial charge in [-0.15, -0.1) is 0 Å². The smallest absolute Gasteiger partial charge is 0.328 e. The number of hydrogen-bond donors (Lipinski definition) is 2. The molecule has 0 spiro atoms. The molecule has 0 radical (unpaired) electrons. The molecule has 2 N–H and O–H groups in total. The highest BCUT2D eigenvalue weighted by Gasteiger charge is 2.41. The minimum Gasteiger partial charge on any atom is -0.490 e. The van der Waals surface area contributed by atoms with E-state index < -0.39 is 11.9 Å². The van der Waals surface area contributed by atoms with Gasteiger partial charge in [-0.25, -0.2) is 9.59 Å². The highest BCUT2D eigenvalue weighted by Crippen LogP contribution is 2.38. The zero-order chi connectivity index (χ0) is 23.1. The lowest BCUT2D eigenvalue weighted by Gasteiger charge is -2.38. The monoisotopic (exact) mass is 478 g/mol. The number of pyridine rings is 1. The summed E-state index contributed by atoms with van der Waals surface area (Å²) in [5.41, 5.74) is 1.15. The number of nitrogens with zero attached hydrogens (tertiary/aromatic N) is 2. The third-order valence-corrected chi connectivity index (χ3v) is 6.21. The molecule has 7 nitrogen and oxygen atoms in total. The molecule has 2 fully saturated rings. The number of carbonyl (C=O) groups is 2. The molecule has 1 aromatic heterocycles. The minimum absolute atomic E-state index is 0.250. The molecule has 2 aromatic rings. The lowest BCUT2D eigenvalue weighted by molar-refractivity contribution is -0.134. The summed E-state index contributed by atoms with van der Waals surface area (Å²) < 4.78 is 6.19. The SMILES string of the molecule is Clc1ccc(OC2CC3CCC(C2)N3Cc2ccccn2)cc1Cl.O=C(O)C=CC(=O)O. The third-order valence-electron chi connectivity index (χ3n) is 5.47. The Bertz CT molecular complexity index is 940. The number of aliphatic carboxylic acids is 2. The predicted octanol–water partition coefficient (Wildman–Crippen LogP) is 4.67. The summed E-state index contributed by atoms with van der Waals surface area (Å²) in [6.07, 6.45) is 7.85. The van der Waals surface area contributed by atoms with Crippen molar-refractivity contribution in [3.05, 3.63) is 70.5 Å². The van der Waals surface area contributed by atoms with Crippen LogP contribution in [0.2, 0.25) is 10.0 Å². The highest BCUT2D eigenvalue weighted by atomic mass is 35.5. The lowest BCUT2D eigenvalue weighted by Crippen LogP contribution is -2.45. The largest absolute Gasteiger partial charge is 0.490 e. The first-order valence-electron chi connectivity index (χ1n) is 10.2. The second-order valence-corrected chi connectivity index (χ2v) is 8.49. The Labute approximate surface area is 196 Å². The number of ether oxygens (including phenoxy) is 1. The Morgan fingerprint density at radius 3 is 2.22 bits per heavy atom. The van der Waals surface area contributed by atoms with Crippen LogP contribution in [0.4, 0.5) is 0 Å². The molecule has 2 aliphatic rings. The molecule has 3 heterocycles. The van der Waals surface area contributed by atoms with E-state index in [-0.39, 0.29) is 6.10 Å².